The minimum Gasteiger partial charge on any atom is -0.389 e. The van der Waals surface area contributed by atoms with Crippen molar-refractivity contribution < 1.29 is 42.7 Å². The average Bonchev–Trinajstić information content (AvgIpc) is 3.61. The number of benzene rings is 1. The van der Waals surface area contributed by atoms with Crippen molar-refractivity contribution in [1.29, 1.82) is 0 Å². The summed E-state index contributed by atoms with van der Waals surface area (Å²) in [5.74, 6) is -2.21. The smallest absolute Gasteiger partial charge is 0.190 e. The molecule has 0 N–H and O–H groups in total. The van der Waals surface area contributed by atoms with Crippen molar-refractivity contribution in [3.05, 3.63) is 35.9 Å². The van der Waals surface area contributed by atoms with Crippen molar-refractivity contribution in [1.82, 2.24) is 0 Å². The van der Waals surface area contributed by atoms with Gasteiger partial charge in [0.2, 0.25) is 0 Å². The second-order valence-corrected chi connectivity index (χ2v) is 11.6. The maximum atomic E-state index is 6.39. The van der Waals surface area contributed by atoms with E-state index in [0.717, 1.165) is 11.3 Å². The zero-order chi connectivity index (χ0) is 26.0. The molecule has 5 aliphatic rings. The largest absolute Gasteiger partial charge is 0.389 e. The summed E-state index contributed by atoms with van der Waals surface area (Å²) in [5.41, 5.74) is 1.81. The molecule has 6 rings (SSSR count). The second kappa shape index (κ2) is 9.24. The van der Waals surface area contributed by atoms with Gasteiger partial charge >= 0.3 is 0 Å². The quantitative estimate of drug-likeness (QED) is 0.561. The fourth-order valence-electron chi connectivity index (χ4n) is 5.72. The van der Waals surface area contributed by atoms with Crippen molar-refractivity contribution in [2.24, 2.45) is 5.16 Å². The molecule has 0 amide bonds. The summed E-state index contributed by atoms with van der Waals surface area (Å²) in [5, 5.41) is 4.44. The molecule has 0 saturated carbocycles. The highest BCUT2D eigenvalue weighted by molar-refractivity contribution is 5.90. The Bertz CT molecular complexity index is 1010. The Morgan fingerprint density at radius 1 is 0.811 bits per heavy atom. The number of nitrogens with zero attached hydrogens (tertiary/aromatic N) is 1. The molecule has 10 nitrogen and oxygen atoms in total. The van der Waals surface area contributed by atoms with Crippen molar-refractivity contribution in [2.75, 3.05) is 6.61 Å². The number of hydrogen-bond donors (Lipinski definition) is 0. The van der Waals surface area contributed by atoms with Gasteiger partial charge in [0.1, 0.15) is 36.6 Å². The number of oxime groups is 1. The van der Waals surface area contributed by atoms with Gasteiger partial charge in [0, 0.05) is 6.42 Å². The lowest BCUT2D eigenvalue weighted by atomic mass is 9.96. The molecule has 5 aliphatic heterocycles. The van der Waals surface area contributed by atoms with Gasteiger partial charge in [0.05, 0.1) is 18.9 Å². The van der Waals surface area contributed by atoms with Crippen LogP contribution in [0.5, 0.6) is 0 Å². The summed E-state index contributed by atoms with van der Waals surface area (Å²) in [6, 6.07) is 10.0. The summed E-state index contributed by atoms with van der Waals surface area (Å²) >= 11 is 0. The number of rotatable bonds is 6. The fourth-order valence-corrected chi connectivity index (χ4v) is 5.72. The molecule has 0 aliphatic carbocycles. The minimum atomic E-state index is -0.790. The van der Waals surface area contributed by atoms with Crippen LogP contribution < -0.4 is 0 Å². The lowest BCUT2D eigenvalue weighted by Gasteiger charge is -2.28. The second-order valence-electron chi connectivity index (χ2n) is 11.6. The van der Waals surface area contributed by atoms with Crippen molar-refractivity contribution in [2.45, 2.75) is 121 Å². The molecule has 37 heavy (non-hydrogen) atoms. The van der Waals surface area contributed by atoms with Gasteiger partial charge in [-0.2, -0.15) is 0 Å². The summed E-state index contributed by atoms with van der Waals surface area (Å²) in [7, 11) is 0. The van der Waals surface area contributed by atoms with E-state index in [9.17, 15) is 0 Å². The molecule has 0 radical (unpaired) electrons. The summed E-state index contributed by atoms with van der Waals surface area (Å²) < 4.78 is 49.3. The predicted molar refractivity (Wildman–Crippen MR) is 129 cm³/mol. The zero-order valence-electron chi connectivity index (χ0n) is 22.2. The Labute approximate surface area is 217 Å². The highest BCUT2D eigenvalue weighted by Gasteiger charge is 2.59. The average molecular weight is 520 g/mol. The van der Waals surface area contributed by atoms with Crippen molar-refractivity contribution in [3.8, 4) is 0 Å². The van der Waals surface area contributed by atoms with E-state index in [-0.39, 0.29) is 24.4 Å². The molecule has 0 unspecified atom stereocenters. The highest BCUT2D eigenvalue weighted by atomic mass is 16.8. The van der Waals surface area contributed by atoms with E-state index < -0.39 is 42.0 Å². The topological polar surface area (TPSA) is 95.4 Å². The van der Waals surface area contributed by atoms with E-state index in [1.807, 2.05) is 71.9 Å². The molecule has 0 bridgehead atoms. The van der Waals surface area contributed by atoms with Crippen molar-refractivity contribution in [3.63, 3.8) is 0 Å². The van der Waals surface area contributed by atoms with Crippen LogP contribution in [0, 0.1) is 0 Å². The Morgan fingerprint density at radius 3 is 2.27 bits per heavy atom. The van der Waals surface area contributed by atoms with Crippen LogP contribution in [0.25, 0.3) is 0 Å². The first-order valence-corrected chi connectivity index (χ1v) is 13.1. The van der Waals surface area contributed by atoms with Gasteiger partial charge in [-0.3, -0.25) is 0 Å². The fraction of sp³-hybridized carbons (Fsp3) is 0.741. The van der Waals surface area contributed by atoms with E-state index in [2.05, 4.69) is 5.16 Å². The molecule has 0 spiro atoms. The molecule has 204 valence electrons. The first-order valence-electron chi connectivity index (χ1n) is 13.1. The normalized spacial score (nSPS) is 41.5. The monoisotopic (exact) mass is 519 g/mol. The van der Waals surface area contributed by atoms with Crippen LogP contribution >= 0.6 is 0 Å². The maximum Gasteiger partial charge on any atom is 0.190 e. The highest BCUT2D eigenvalue weighted by Crippen LogP contribution is 2.43. The van der Waals surface area contributed by atoms with Gasteiger partial charge in [-0.1, -0.05) is 35.5 Å². The lowest BCUT2D eigenvalue weighted by molar-refractivity contribution is -0.232. The van der Waals surface area contributed by atoms with Crippen LogP contribution in [-0.2, 0) is 49.3 Å². The molecule has 0 aromatic heterocycles. The van der Waals surface area contributed by atoms with E-state index in [1.54, 1.807) is 0 Å². The first kappa shape index (κ1) is 25.6. The van der Waals surface area contributed by atoms with Crippen LogP contribution in [0.15, 0.2) is 35.5 Å². The molecule has 8 atom stereocenters. The standard InChI is InChI=1S/C27H37NO9/c1-25(2)30-14-18(32-25)21-19(33-26(3,4)34-21)16-12-17(37-28-16)20-22(29-13-15-10-8-7-9-11-15)23-24(31-20)36-27(5,6)35-23/h7-11,17-24H,12-14H2,1-6H3/t17-,18+,19+,20+,21+,22-,23+,24+/m0/s1. The van der Waals surface area contributed by atoms with Crippen LogP contribution in [0.3, 0.4) is 0 Å². The van der Waals surface area contributed by atoms with Crippen molar-refractivity contribution >= 4 is 5.71 Å². The third kappa shape index (κ3) is 5.18. The molecular formula is C27H37NO9. The van der Waals surface area contributed by atoms with Gasteiger partial charge in [0.15, 0.2) is 29.8 Å². The number of ether oxygens (including phenoxy) is 8. The third-order valence-corrected chi connectivity index (χ3v) is 7.25. The third-order valence-electron chi connectivity index (χ3n) is 7.25. The van der Waals surface area contributed by atoms with Gasteiger partial charge in [-0.05, 0) is 47.1 Å². The summed E-state index contributed by atoms with van der Waals surface area (Å²) in [6.45, 7) is 12.2. The summed E-state index contributed by atoms with van der Waals surface area (Å²) in [4.78, 5) is 5.95. The Balaban J connectivity index is 1.16. The lowest BCUT2D eigenvalue weighted by Crippen LogP contribution is -2.44. The Hall–Kier alpha value is -1.63. The number of fused-ring (bicyclic) bond motifs is 1. The molecule has 5 heterocycles. The maximum absolute atomic E-state index is 6.39. The zero-order valence-corrected chi connectivity index (χ0v) is 22.2. The van der Waals surface area contributed by atoms with Gasteiger partial charge in [-0.25, -0.2) is 0 Å². The molecule has 1 aromatic rings. The van der Waals surface area contributed by atoms with Crippen LogP contribution in [-0.4, -0.2) is 78.7 Å². The van der Waals surface area contributed by atoms with E-state index >= 15 is 0 Å². The van der Waals surface area contributed by atoms with E-state index in [4.69, 9.17) is 42.7 Å². The van der Waals surface area contributed by atoms with E-state index in [0.29, 0.717) is 19.6 Å². The molecule has 1 aromatic carbocycles. The SMILES string of the molecule is CC1(C)O[C@H]2O[C@H]([C@@H]3CC([C@H]4OC(C)(C)O[C@@H]4[C@H]4COC(C)(C)O4)=NO3)[C@H](OCc3ccccc3)[C@H]2O1. The van der Waals surface area contributed by atoms with E-state index in [1.165, 1.54) is 0 Å². The minimum absolute atomic E-state index is 0.281. The Morgan fingerprint density at radius 2 is 1.54 bits per heavy atom. The molecule has 10 heteroatoms. The number of hydrogen-bond acceptors (Lipinski definition) is 10. The summed E-state index contributed by atoms with van der Waals surface area (Å²) in [6.07, 6.45) is -2.73. The van der Waals surface area contributed by atoms with Crippen LogP contribution in [0.1, 0.15) is 53.5 Å². The molecule has 4 saturated heterocycles. The molecular weight excluding hydrogens is 482 g/mol. The molecule has 4 fully saturated rings. The first-order chi connectivity index (χ1) is 17.5. The van der Waals surface area contributed by atoms with Gasteiger partial charge < -0.3 is 42.7 Å². The van der Waals surface area contributed by atoms with Crippen LogP contribution in [0.4, 0.5) is 0 Å². The predicted octanol–water partition coefficient (Wildman–Crippen LogP) is 3.26. The van der Waals surface area contributed by atoms with Crippen LogP contribution in [0.2, 0.25) is 0 Å². The van der Waals surface area contributed by atoms with Gasteiger partial charge in [-0.15, -0.1) is 0 Å². The Kier molecular flexibility index (Phi) is 6.40. The van der Waals surface area contributed by atoms with Gasteiger partial charge in [0.25, 0.3) is 0 Å².